The van der Waals surface area contributed by atoms with Gasteiger partial charge in [0.05, 0.1) is 6.54 Å². The molecule has 1 heterocycles. The maximum atomic E-state index is 11.6. The van der Waals surface area contributed by atoms with Crippen LogP contribution in [0.15, 0.2) is 12.1 Å². The Morgan fingerprint density at radius 1 is 1.50 bits per heavy atom. The molecule has 1 unspecified atom stereocenters. The van der Waals surface area contributed by atoms with Gasteiger partial charge < -0.3 is 11.1 Å². The summed E-state index contributed by atoms with van der Waals surface area (Å²) in [6.07, 6.45) is 0.405. The van der Waals surface area contributed by atoms with E-state index in [1.165, 1.54) is 9.75 Å². The average Bonchev–Trinajstić information content (AvgIpc) is 2.61. The quantitative estimate of drug-likeness (QED) is 0.827. The minimum Gasteiger partial charge on any atom is -0.351 e. The van der Waals surface area contributed by atoms with E-state index >= 15 is 0 Å². The van der Waals surface area contributed by atoms with E-state index in [-0.39, 0.29) is 11.9 Å². The van der Waals surface area contributed by atoms with E-state index in [2.05, 4.69) is 18.3 Å². The van der Waals surface area contributed by atoms with Crippen LogP contribution in [0.2, 0.25) is 0 Å². The van der Waals surface area contributed by atoms with Crippen molar-refractivity contribution in [1.82, 2.24) is 5.32 Å². The van der Waals surface area contributed by atoms with Crippen LogP contribution in [0.1, 0.15) is 30.0 Å². The third-order valence-electron chi connectivity index (χ3n) is 2.53. The molecule has 1 rings (SSSR count). The van der Waals surface area contributed by atoms with Crippen molar-refractivity contribution in [2.75, 3.05) is 0 Å². The molecule has 1 amide bonds. The summed E-state index contributed by atoms with van der Waals surface area (Å²) in [5.74, 6) is 0.377. The summed E-state index contributed by atoms with van der Waals surface area (Å²) < 4.78 is 0. The molecule has 0 aliphatic heterocycles. The predicted molar refractivity (Wildman–Crippen MR) is 68.3 cm³/mol. The first-order valence-corrected chi connectivity index (χ1v) is 6.38. The molecule has 0 spiro atoms. The van der Waals surface area contributed by atoms with Gasteiger partial charge in [0.15, 0.2) is 0 Å². The van der Waals surface area contributed by atoms with Crippen LogP contribution in [-0.4, -0.2) is 11.9 Å². The van der Waals surface area contributed by atoms with Crippen LogP contribution in [0.25, 0.3) is 0 Å². The first kappa shape index (κ1) is 13.2. The zero-order chi connectivity index (χ0) is 12.1. The molecule has 3 N–H and O–H groups in total. The fourth-order valence-corrected chi connectivity index (χ4v) is 2.12. The van der Waals surface area contributed by atoms with Gasteiger partial charge in [-0.25, -0.2) is 0 Å². The van der Waals surface area contributed by atoms with Crippen LogP contribution < -0.4 is 11.1 Å². The summed E-state index contributed by atoms with van der Waals surface area (Å²) in [4.78, 5) is 14.0. The Kier molecular flexibility index (Phi) is 4.96. The van der Waals surface area contributed by atoms with Crippen LogP contribution in [0, 0.1) is 12.8 Å². The molecule has 1 atom stereocenters. The van der Waals surface area contributed by atoms with Crippen molar-refractivity contribution in [3.63, 3.8) is 0 Å². The molecular weight excluding hydrogens is 220 g/mol. The lowest BCUT2D eigenvalue weighted by Crippen LogP contribution is -2.34. The fraction of sp³-hybridized carbons (Fsp3) is 0.583. The molecule has 0 aliphatic carbocycles. The Bertz CT molecular complexity index is 347. The second kappa shape index (κ2) is 6.01. The molecule has 0 saturated heterocycles. The van der Waals surface area contributed by atoms with Crippen molar-refractivity contribution < 1.29 is 4.79 Å². The largest absolute Gasteiger partial charge is 0.351 e. The highest BCUT2D eigenvalue weighted by Gasteiger charge is 2.12. The van der Waals surface area contributed by atoms with Gasteiger partial charge in [0.1, 0.15) is 0 Å². The van der Waals surface area contributed by atoms with Crippen molar-refractivity contribution in [2.24, 2.45) is 11.7 Å². The molecular formula is C12H20N2OS. The summed E-state index contributed by atoms with van der Waals surface area (Å²) in [6.45, 7) is 6.73. The molecule has 0 aliphatic rings. The topological polar surface area (TPSA) is 55.1 Å². The third-order valence-corrected chi connectivity index (χ3v) is 3.53. The third kappa shape index (κ3) is 4.33. The second-order valence-corrected chi connectivity index (χ2v) is 5.77. The van der Waals surface area contributed by atoms with Gasteiger partial charge in [0.2, 0.25) is 5.91 Å². The van der Waals surface area contributed by atoms with Gasteiger partial charge in [0.25, 0.3) is 0 Å². The van der Waals surface area contributed by atoms with Crippen molar-refractivity contribution in [3.05, 3.63) is 21.9 Å². The summed E-state index contributed by atoms with van der Waals surface area (Å²) >= 11 is 1.71. The number of carbonyl (C=O) groups excluding carboxylic acids is 1. The Balaban J connectivity index is 2.30. The van der Waals surface area contributed by atoms with E-state index < -0.39 is 0 Å². The van der Waals surface area contributed by atoms with E-state index in [1.807, 2.05) is 19.9 Å². The van der Waals surface area contributed by atoms with Gasteiger partial charge in [0, 0.05) is 22.2 Å². The number of rotatable bonds is 5. The molecule has 3 nitrogen and oxygen atoms in total. The molecule has 1 aromatic heterocycles. The highest BCUT2D eigenvalue weighted by Crippen LogP contribution is 2.14. The number of carbonyl (C=O) groups is 1. The lowest BCUT2D eigenvalue weighted by Gasteiger charge is -2.14. The molecule has 0 radical (unpaired) electrons. The highest BCUT2D eigenvalue weighted by molar-refractivity contribution is 7.11. The van der Waals surface area contributed by atoms with Crippen molar-refractivity contribution >= 4 is 17.2 Å². The second-order valence-electron chi connectivity index (χ2n) is 4.40. The smallest absolute Gasteiger partial charge is 0.221 e. The number of thiophene rings is 1. The van der Waals surface area contributed by atoms with E-state index in [0.29, 0.717) is 18.9 Å². The van der Waals surface area contributed by atoms with Crippen molar-refractivity contribution in [1.29, 1.82) is 0 Å². The maximum absolute atomic E-state index is 11.6. The molecule has 0 aromatic carbocycles. The number of amides is 1. The van der Waals surface area contributed by atoms with Crippen LogP contribution in [0.4, 0.5) is 0 Å². The molecule has 90 valence electrons. The van der Waals surface area contributed by atoms with Crippen molar-refractivity contribution in [2.45, 2.75) is 39.8 Å². The van der Waals surface area contributed by atoms with Gasteiger partial charge in [-0.15, -0.1) is 11.3 Å². The molecule has 1 aromatic rings. The zero-order valence-electron chi connectivity index (χ0n) is 10.1. The van der Waals surface area contributed by atoms with Gasteiger partial charge in [-0.05, 0) is 25.0 Å². The Hall–Kier alpha value is -0.870. The number of aryl methyl sites for hydroxylation is 1. The normalized spacial score (nSPS) is 12.8. The molecule has 16 heavy (non-hydrogen) atoms. The maximum Gasteiger partial charge on any atom is 0.221 e. The van der Waals surface area contributed by atoms with E-state index in [9.17, 15) is 4.79 Å². The lowest BCUT2D eigenvalue weighted by molar-refractivity contribution is -0.121. The average molecular weight is 240 g/mol. The van der Waals surface area contributed by atoms with E-state index in [0.717, 1.165) is 0 Å². The number of hydrogen-bond donors (Lipinski definition) is 2. The first-order chi connectivity index (χ1) is 7.49. The summed E-state index contributed by atoms with van der Waals surface area (Å²) in [7, 11) is 0. The van der Waals surface area contributed by atoms with Gasteiger partial charge in [-0.3, -0.25) is 4.79 Å². The first-order valence-electron chi connectivity index (χ1n) is 5.56. The number of nitrogens with two attached hydrogens (primary N) is 1. The van der Waals surface area contributed by atoms with Crippen LogP contribution in [-0.2, 0) is 11.3 Å². The minimum absolute atomic E-state index is 0.0345. The highest BCUT2D eigenvalue weighted by atomic mass is 32.1. The predicted octanol–water partition coefficient (Wildman–Crippen LogP) is 2.05. The summed E-state index contributed by atoms with van der Waals surface area (Å²) in [5, 5.41) is 2.89. The Morgan fingerprint density at radius 3 is 2.69 bits per heavy atom. The fourth-order valence-electron chi connectivity index (χ4n) is 1.29. The zero-order valence-corrected chi connectivity index (χ0v) is 10.9. The lowest BCUT2D eigenvalue weighted by atomic mass is 10.0. The van der Waals surface area contributed by atoms with E-state index in [1.54, 1.807) is 11.3 Å². The SMILES string of the molecule is Cc1ccc(CNC(=O)CC(N)C(C)C)s1. The van der Waals surface area contributed by atoms with Gasteiger partial charge in [-0.1, -0.05) is 13.8 Å². The minimum atomic E-state index is -0.0509. The monoisotopic (exact) mass is 240 g/mol. The Labute approximate surface area is 101 Å². The van der Waals surface area contributed by atoms with Crippen LogP contribution in [0.5, 0.6) is 0 Å². The molecule has 4 heteroatoms. The van der Waals surface area contributed by atoms with Gasteiger partial charge >= 0.3 is 0 Å². The van der Waals surface area contributed by atoms with Gasteiger partial charge in [-0.2, -0.15) is 0 Å². The standard InChI is InChI=1S/C12H20N2OS/c1-8(2)11(13)6-12(15)14-7-10-5-4-9(3)16-10/h4-5,8,11H,6-7,13H2,1-3H3,(H,14,15). The van der Waals surface area contributed by atoms with Crippen LogP contribution in [0.3, 0.4) is 0 Å². The Morgan fingerprint density at radius 2 is 2.19 bits per heavy atom. The molecule has 0 bridgehead atoms. The summed E-state index contributed by atoms with van der Waals surface area (Å²) in [5.41, 5.74) is 5.83. The van der Waals surface area contributed by atoms with Crippen molar-refractivity contribution in [3.8, 4) is 0 Å². The summed E-state index contributed by atoms with van der Waals surface area (Å²) in [6, 6.07) is 4.05. The molecule has 0 fully saturated rings. The van der Waals surface area contributed by atoms with Crippen LogP contribution >= 0.6 is 11.3 Å². The molecule has 0 saturated carbocycles. The van der Waals surface area contributed by atoms with E-state index in [4.69, 9.17) is 5.73 Å². The number of nitrogens with one attached hydrogen (secondary N) is 1. The number of hydrogen-bond acceptors (Lipinski definition) is 3.